The van der Waals surface area contributed by atoms with Crippen LogP contribution in [0.5, 0.6) is 0 Å². The standard InChI is InChI=1S/C19H21FN2O/c1-13(17-7-2-3-8-18(17)20)21-12-19(23)22-16-10-9-14-5-4-6-15(14)11-16/h2-3,7-11,13,21H,4-6,12H2,1H3,(H,22,23). The molecular formula is C19H21FN2O. The molecule has 0 fully saturated rings. The van der Waals surface area contributed by atoms with Gasteiger partial charge in [-0.15, -0.1) is 0 Å². The van der Waals surface area contributed by atoms with E-state index in [1.165, 1.54) is 23.6 Å². The highest BCUT2D eigenvalue weighted by Gasteiger charge is 2.13. The summed E-state index contributed by atoms with van der Waals surface area (Å²) < 4.78 is 13.7. The Morgan fingerprint density at radius 1 is 1.17 bits per heavy atom. The summed E-state index contributed by atoms with van der Waals surface area (Å²) in [5.41, 5.74) is 4.11. The van der Waals surface area contributed by atoms with E-state index in [4.69, 9.17) is 0 Å². The van der Waals surface area contributed by atoms with E-state index in [0.29, 0.717) is 5.56 Å². The van der Waals surface area contributed by atoms with Crippen LogP contribution in [0.1, 0.15) is 36.1 Å². The SMILES string of the molecule is CC(NCC(=O)Nc1ccc2c(c1)CCC2)c1ccccc1F. The van der Waals surface area contributed by atoms with Crippen LogP contribution in [0.15, 0.2) is 42.5 Å². The van der Waals surface area contributed by atoms with Crippen LogP contribution in [0, 0.1) is 5.82 Å². The van der Waals surface area contributed by atoms with Crippen molar-refractivity contribution >= 4 is 11.6 Å². The fourth-order valence-corrected chi connectivity index (χ4v) is 3.04. The molecule has 0 bridgehead atoms. The number of carbonyl (C=O) groups is 1. The number of amides is 1. The molecule has 1 aliphatic rings. The summed E-state index contributed by atoms with van der Waals surface area (Å²) in [6.45, 7) is 1.99. The van der Waals surface area contributed by atoms with E-state index < -0.39 is 0 Å². The van der Waals surface area contributed by atoms with Crippen molar-refractivity contribution in [3.63, 3.8) is 0 Å². The lowest BCUT2D eigenvalue weighted by molar-refractivity contribution is -0.115. The quantitative estimate of drug-likeness (QED) is 0.885. The Hall–Kier alpha value is -2.20. The van der Waals surface area contributed by atoms with Crippen LogP contribution in [0.4, 0.5) is 10.1 Å². The zero-order valence-corrected chi connectivity index (χ0v) is 13.2. The highest BCUT2D eigenvalue weighted by molar-refractivity contribution is 5.92. The van der Waals surface area contributed by atoms with Crippen LogP contribution in [0.3, 0.4) is 0 Å². The highest BCUT2D eigenvalue weighted by Crippen LogP contribution is 2.24. The maximum Gasteiger partial charge on any atom is 0.238 e. The van der Waals surface area contributed by atoms with Crippen LogP contribution in [0.25, 0.3) is 0 Å². The Morgan fingerprint density at radius 3 is 2.78 bits per heavy atom. The first-order chi connectivity index (χ1) is 11.1. The van der Waals surface area contributed by atoms with Gasteiger partial charge in [0, 0.05) is 17.3 Å². The lowest BCUT2D eigenvalue weighted by Gasteiger charge is -2.15. The van der Waals surface area contributed by atoms with E-state index in [1.807, 2.05) is 13.0 Å². The van der Waals surface area contributed by atoms with Crippen molar-refractivity contribution in [2.45, 2.75) is 32.2 Å². The first-order valence-corrected chi connectivity index (χ1v) is 8.03. The molecule has 1 aliphatic carbocycles. The van der Waals surface area contributed by atoms with Gasteiger partial charge >= 0.3 is 0 Å². The molecule has 0 heterocycles. The molecule has 1 atom stereocenters. The number of hydrogen-bond donors (Lipinski definition) is 2. The lowest BCUT2D eigenvalue weighted by Crippen LogP contribution is -2.30. The molecule has 2 aromatic carbocycles. The van der Waals surface area contributed by atoms with Gasteiger partial charge < -0.3 is 10.6 Å². The van der Waals surface area contributed by atoms with Crippen molar-refractivity contribution in [1.29, 1.82) is 0 Å². The summed E-state index contributed by atoms with van der Waals surface area (Å²) in [7, 11) is 0. The molecule has 3 rings (SSSR count). The van der Waals surface area contributed by atoms with Crippen molar-refractivity contribution in [2.24, 2.45) is 0 Å². The Bertz CT molecular complexity index is 714. The number of carbonyl (C=O) groups excluding carboxylic acids is 1. The molecule has 0 aliphatic heterocycles. The Labute approximate surface area is 135 Å². The van der Waals surface area contributed by atoms with Gasteiger partial charge in [-0.3, -0.25) is 4.79 Å². The van der Waals surface area contributed by atoms with E-state index in [-0.39, 0.29) is 24.3 Å². The zero-order chi connectivity index (χ0) is 16.2. The average Bonchev–Trinajstić information content (AvgIpc) is 3.01. The molecule has 0 saturated heterocycles. The van der Waals surface area contributed by atoms with Crippen LogP contribution >= 0.6 is 0 Å². The van der Waals surface area contributed by atoms with Gasteiger partial charge in [0.15, 0.2) is 0 Å². The number of rotatable bonds is 5. The van der Waals surface area contributed by atoms with Crippen LogP contribution < -0.4 is 10.6 Å². The fourth-order valence-electron chi connectivity index (χ4n) is 3.04. The molecule has 23 heavy (non-hydrogen) atoms. The maximum absolute atomic E-state index is 13.7. The molecule has 0 aromatic heterocycles. The predicted molar refractivity (Wildman–Crippen MR) is 89.9 cm³/mol. The van der Waals surface area contributed by atoms with Crippen molar-refractivity contribution in [3.8, 4) is 0 Å². The third-order valence-corrected chi connectivity index (χ3v) is 4.32. The number of hydrogen-bond acceptors (Lipinski definition) is 2. The van der Waals surface area contributed by atoms with E-state index in [0.717, 1.165) is 18.5 Å². The molecule has 0 radical (unpaired) electrons. The van der Waals surface area contributed by atoms with Gasteiger partial charge in [-0.1, -0.05) is 24.3 Å². The van der Waals surface area contributed by atoms with Gasteiger partial charge in [-0.05, 0) is 55.5 Å². The molecule has 4 heteroatoms. The van der Waals surface area contributed by atoms with Crippen molar-refractivity contribution in [3.05, 3.63) is 65.0 Å². The van der Waals surface area contributed by atoms with Gasteiger partial charge in [-0.25, -0.2) is 4.39 Å². The smallest absolute Gasteiger partial charge is 0.238 e. The second kappa shape index (κ2) is 6.92. The Kier molecular flexibility index (Phi) is 4.72. The largest absolute Gasteiger partial charge is 0.325 e. The van der Waals surface area contributed by atoms with Gasteiger partial charge in [0.25, 0.3) is 0 Å². The van der Waals surface area contributed by atoms with Gasteiger partial charge in [-0.2, -0.15) is 0 Å². The molecule has 2 N–H and O–H groups in total. The van der Waals surface area contributed by atoms with Crippen LogP contribution in [-0.4, -0.2) is 12.5 Å². The molecule has 120 valence electrons. The van der Waals surface area contributed by atoms with Gasteiger partial charge in [0.2, 0.25) is 5.91 Å². The number of halogens is 1. The van der Waals surface area contributed by atoms with E-state index in [1.54, 1.807) is 18.2 Å². The van der Waals surface area contributed by atoms with E-state index >= 15 is 0 Å². The molecule has 1 amide bonds. The van der Waals surface area contributed by atoms with Crippen LogP contribution in [-0.2, 0) is 17.6 Å². The molecule has 2 aromatic rings. The van der Waals surface area contributed by atoms with Crippen molar-refractivity contribution in [1.82, 2.24) is 5.32 Å². The second-order valence-electron chi connectivity index (χ2n) is 6.01. The lowest BCUT2D eigenvalue weighted by atomic mass is 10.1. The number of benzene rings is 2. The maximum atomic E-state index is 13.7. The van der Waals surface area contributed by atoms with Crippen molar-refractivity contribution < 1.29 is 9.18 Å². The molecule has 0 spiro atoms. The summed E-state index contributed by atoms with van der Waals surface area (Å²) in [5, 5.41) is 5.96. The third kappa shape index (κ3) is 3.77. The summed E-state index contributed by atoms with van der Waals surface area (Å²) in [6, 6.07) is 12.5. The number of nitrogens with one attached hydrogen (secondary N) is 2. The Balaban J connectivity index is 1.54. The summed E-state index contributed by atoms with van der Waals surface area (Å²) in [4.78, 5) is 12.1. The van der Waals surface area contributed by atoms with E-state index in [9.17, 15) is 9.18 Å². The highest BCUT2D eigenvalue weighted by atomic mass is 19.1. The topological polar surface area (TPSA) is 41.1 Å². The number of fused-ring (bicyclic) bond motifs is 1. The minimum atomic E-state index is -0.258. The van der Waals surface area contributed by atoms with E-state index in [2.05, 4.69) is 22.8 Å². The van der Waals surface area contributed by atoms with Gasteiger partial charge in [0.1, 0.15) is 5.82 Å². The third-order valence-electron chi connectivity index (χ3n) is 4.32. The monoisotopic (exact) mass is 312 g/mol. The molecule has 3 nitrogen and oxygen atoms in total. The normalized spacial score (nSPS) is 14.3. The summed E-state index contributed by atoms with van der Waals surface area (Å²) in [5.74, 6) is -0.377. The first-order valence-electron chi connectivity index (χ1n) is 8.03. The van der Waals surface area contributed by atoms with Gasteiger partial charge in [0.05, 0.1) is 6.54 Å². The second-order valence-corrected chi connectivity index (χ2v) is 6.01. The summed E-state index contributed by atoms with van der Waals surface area (Å²) >= 11 is 0. The van der Waals surface area contributed by atoms with Crippen LogP contribution in [0.2, 0.25) is 0 Å². The number of anilines is 1. The fraction of sp³-hybridized carbons (Fsp3) is 0.316. The summed E-state index contributed by atoms with van der Waals surface area (Å²) in [6.07, 6.45) is 3.40. The molecule has 1 unspecified atom stereocenters. The minimum Gasteiger partial charge on any atom is -0.325 e. The Morgan fingerprint density at radius 2 is 1.96 bits per heavy atom. The predicted octanol–water partition coefficient (Wildman–Crippen LogP) is 3.60. The number of aryl methyl sites for hydroxylation is 2. The zero-order valence-electron chi connectivity index (χ0n) is 13.2. The average molecular weight is 312 g/mol. The first kappa shape index (κ1) is 15.7. The molecule has 0 saturated carbocycles. The van der Waals surface area contributed by atoms with Crippen molar-refractivity contribution in [2.75, 3.05) is 11.9 Å². The minimum absolute atomic E-state index is 0.119. The molecular weight excluding hydrogens is 291 g/mol.